The molecular weight excluding hydrogens is 328 g/mol. The summed E-state index contributed by atoms with van der Waals surface area (Å²) in [6.07, 6.45) is 0.119. The Morgan fingerprint density at radius 2 is 2.00 bits per heavy atom. The van der Waals surface area contributed by atoms with Crippen LogP contribution in [0.3, 0.4) is 0 Å². The number of rotatable bonds is 5. The average Bonchev–Trinajstić information content (AvgIpc) is 2.61. The highest BCUT2D eigenvalue weighted by atomic mass is 16.5. The van der Waals surface area contributed by atoms with Gasteiger partial charge in [0.05, 0.1) is 23.7 Å². The molecule has 2 rings (SSSR count). The molecule has 132 valence electrons. The summed E-state index contributed by atoms with van der Waals surface area (Å²) in [4.78, 5) is 50.9. The van der Waals surface area contributed by atoms with E-state index in [2.05, 4.69) is 10.3 Å². The van der Waals surface area contributed by atoms with Crippen molar-refractivity contribution in [1.82, 2.24) is 20.2 Å². The molecule has 0 aliphatic rings. The van der Waals surface area contributed by atoms with Crippen LogP contribution in [0.2, 0.25) is 0 Å². The molecule has 1 aromatic carbocycles. The van der Waals surface area contributed by atoms with Gasteiger partial charge in [-0.2, -0.15) is 0 Å². The van der Waals surface area contributed by atoms with E-state index in [1.165, 1.54) is 24.9 Å². The van der Waals surface area contributed by atoms with Crippen molar-refractivity contribution in [3.05, 3.63) is 40.9 Å². The second-order valence-electron chi connectivity index (χ2n) is 5.21. The summed E-state index contributed by atoms with van der Waals surface area (Å²) >= 11 is 0. The number of nitrogens with one attached hydrogen (secondary N) is 2. The Morgan fingerprint density at radius 1 is 1.28 bits per heavy atom. The van der Waals surface area contributed by atoms with Crippen LogP contribution in [-0.4, -0.2) is 40.6 Å². The minimum Gasteiger partial charge on any atom is -0.452 e. The number of aromatic nitrogens is 2. The third-order valence-electron chi connectivity index (χ3n) is 3.43. The van der Waals surface area contributed by atoms with Crippen LogP contribution in [0, 0.1) is 0 Å². The fraction of sp³-hybridized carbons (Fsp3) is 0.312. The summed E-state index contributed by atoms with van der Waals surface area (Å²) in [5, 5.41) is 4.68. The van der Waals surface area contributed by atoms with Gasteiger partial charge in [0, 0.05) is 13.6 Å². The first kappa shape index (κ1) is 18.1. The van der Waals surface area contributed by atoms with Crippen molar-refractivity contribution in [2.75, 3.05) is 7.05 Å². The number of urea groups is 1. The Bertz CT molecular complexity index is 861. The Labute approximate surface area is 143 Å². The lowest BCUT2D eigenvalue weighted by Crippen LogP contribution is -2.43. The third-order valence-corrected chi connectivity index (χ3v) is 3.43. The maximum Gasteiger partial charge on any atom is 0.321 e. The number of carbonyl (C=O) groups is 3. The normalized spacial score (nSPS) is 11.6. The molecule has 0 aliphatic carbocycles. The average molecular weight is 346 g/mol. The number of amides is 3. The molecule has 25 heavy (non-hydrogen) atoms. The van der Waals surface area contributed by atoms with E-state index in [0.29, 0.717) is 10.9 Å². The molecule has 9 heteroatoms. The first-order valence-electron chi connectivity index (χ1n) is 7.58. The van der Waals surface area contributed by atoms with E-state index in [-0.39, 0.29) is 18.5 Å². The fourth-order valence-corrected chi connectivity index (χ4v) is 2.06. The first-order chi connectivity index (χ1) is 11.9. The van der Waals surface area contributed by atoms with Crippen LogP contribution >= 0.6 is 0 Å². The molecule has 1 aromatic heterocycles. The number of ether oxygens (including phenoxy) is 1. The summed E-state index contributed by atoms with van der Waals surface area (Å²) in [6, 6.07) is 6.20. The monoisotopic (exact) mass is 346 g/mol. The molecule has 1 atom stereocenters. The van der Waals surface area contributed by atoms with E-state index in [1.54, 1.807) is 24.3 Å². The van der Waals surface area contributed by atoms with Gasteiger partial charge in [0.1, 0.15) is 0 Å². The minimum absolute atomic E-state index is 0.0687. The number of esters is 1. The van der Waals surface area contributed by atoms with E-state index in [1.807, 2.05) is 5.32 Å². The fourth-order valence-electron chi connectivity index (χ4n) is 2.06. The van der Waals surface area contributed by atoms with Gasteiger partial charge in [-0.05, 0) is 19.1 Å². The van der Waals surface area contributed by atoms with Gasteiger partial charge in [-0.15, -0.1) is 0 Å². The number of para-hydroxylation sites is 1. The van der Waals surface area contributed by atoms with Crippen molar-refractivity contribution >= 4 is 28.8 Å². The standard InChI is InChI=1S/C16H18N4O5/c1-10(14(22)19-16(24)17-2)25-13(21)7-8-20-9-18-12-6-4-3-5-11(12)15(20)23/h3-6,9-10H,7-8H2,1-2H3,(H2,17,19,22,24). The number of imide groups is 1. The van der Waals surface area contributed by atoms with E-state index >= 15 is 0 Å². The predicted octanol–water partition coefficient (Wildman–Crippen LogP) is 0.174. The molecule has 1 heterocycles. The minimum atomic E-state index is -1.13. The maximum absolute atomic E-state index is 12.3. The van der Waals surface area contributed by atoms with Crippen LogP contribution in [-0.2, 0) is 20.9 Å². The van der Waals surface area contributed by atoms with Gasteiger partial charge < -0.3 is 10.1 Å². The SMILES string of the molecule is CNC(=O)NC(=O)C(C)OC(=O)CCn1cnc2ccccc2c1=O. The predicted molar refractivity (Wildman–Crippen MR) is 88.8 cm³/mol. The Kier molecular flexibility index (Phi) is 5.83. The second kappa shape index (κ2) is 8.04. The Balaban J connectivity index is 1.94. The molecule has 0 saturated heterocycles. The summed E-state index contributed by atoms with van der Waals surface area (Å²) in [6.45, 7) is 1.42. The van der Waals surface area contributed by atoms with E-state index in [0.717, 1.165) is 0 Å². The van der Waals surface area contributed by atoms with Crippen LogP contribution < -0.4 is 16.2 Å². The molecule has 0 aliphatic heterocycles. The molecule has 0 spiro atoms. The summed E-state index contributed by atoms with van der Waals surface area (Å²) < 4.78 is 6.24. The molecule has 2 aromatic rings. The lowest BCUT2D eigenvalue weighted by atomic mass is 10.2. The summed E-state index contributed by atoms with van der Waals surface area (Å²) in [7, 11) is 1.36. The topological polar surface area (TPSA) is 119 Å². The van der Waals surface area contributed by atoms with Crippen LogP contribution in [0.4, 0.5) is 4.79 Å². The molecular formula is C16H18N4O5. The molecule has 0 bridgehead atoms. The van der Waals surface area contributed by atoms with E-state index < -0.39 is 24.0 Å². The van der Waals surface area contributed by atoms with Gasteiger partial charge in [0.25, 0.3) is 11.5 Å². The summed E-state index contributed by atoms with van der Waals surface area (Å²) in [5.74, 6) is -1.41. The highest BCUT2D eigenvalue weighted by Crippen LogP contribution is 2.05. The van der Waals surface area contributed by atoms with E-state index in [9.17, 15) is 19.2 Å². The van der Waals surface area contributed by atoms with Crippen LogP contribution in [0.15, 0.2) is 35.4 Å². The van der Waals surface area contributed by atoms with Gasteiger partial charge in [0.2, 0.25) is 0 Å². The number of benzene rings is 1. The number of hydrogen-bond acceptors (Lipinski definition) is 6. The lowest BCUT2D eigenvalue weighted by Gasteiger charge is -2.13. The van der Waals surface area contributed by atoms with Crippen molar-refractivity contribution in [3.8, 4) is 0 Å². The zero-order valence-corrected chi connectivity index (χ0v) is 13.8. The van der Waals surface area contributed by atoms with E-state index in [4.69, 9.17) is 4.74 Å². The molecule has 0 fully saturated rings. The molecule has 3 amide bonds. The van der Waals surface area contributed by atoms with Crippen LogP contribution in [0.1, 0.15) is 13.3 Å². The Morgan fingerprint density at radius 3 is 2.72 bits per heavy atom. The number of nitrogens with zero attached hydrogens (tertiary/aromatic N) is 2. The van der Waals surface area contributed by atoms with Crippen molar-refractivity contribution in [2.24, 2.45) is 0 Å². The van der Waals surface area contributed by atoms with Gasteiger partial charge in [-0.3, -0.25) is 24.3 Å². The second-order valence-corrected chi connectivity index (χ2v) is 5.21. The molecule has 2 N–H and O–H groups in total. The third kappa shape index (κ3) is 4.63. The van der Waals surface area contributed by atoms with Crippen LogP contribution in [0.5, 0.6) is 0 Å². The largest absolute Gasteiger partial charge is 0.452 e. The van der Waals surface area contributed by atoms with Gasteiger partial charge in [-0.25, -0.2) is 9.78 Å². The molecule has 0 radical (unpaired) electrons. The van der Waals surface area contributed by atoms with Crippen molar-refractivity contribution in [1.29, 1.82) is 0 Å². The quantitative estimate of drug-likeness (QED) is 0.745. The van der Waals surface area contributed by atoms with Gasteiger partial charge in [0.15, 0.2) is 6.10 Å². The van der Waals surface area contributed by atoms with Gasteiger partial charge >= 0.3 is 12.0 Å². The molecule has 9 nitrogen and oxygen atoms in total. The molecule has 0 saturated carbocycles. The van der Waals surface area contributed by atoms with Crippen LogP contribution in [0.25, 0.3) is 10.9 Å². The number of hydrogen-bond donors (Lipinski definition) is 2. The van der Waals surface area contributed by atoms with Crippen molar-refractivity contribution in [3.63, 3.8) is 0 Å². The van der Waals surface area contributed by atoms with Gasteiger partial charge in [-0.1, -0.05) is 12.1 Å². The summed E-state index contributed by atoms with van der Waals surface area (Å²) in [5.41, 5.74) is 0.314. The van der Waals surface area contributed by atoms with Crippen molar-refractivity contribution < 1.29 is 19.1 Å². The smallest absolute Gasteiger partial charge is 0.321 e. The number of aryl methyl sites for hydroxylation is 1. The molecule has 1 unspecified atom stereocenters. The number of carbonyl (C=O) groups excluding carboxylic acids is 3. The Hall–Kier alpha value is -3.23. The lowest BCUT2D eigenvalue weighted by molar-refractivity contribution is -0.154. The number of fused-ring (bicyclic) bond motifs is 1. The van der Waals surface area contributed by atoms with Crippen molar-refractivity contribution in [2.45, 2.75) is 26.0 Å². The first-order valence-corrected chi connectivity index (χ1v) is 7.58. The highest BCUT2D eigenvalue weighted by Gasteiger charge is 2.19. The zero-order valence-electron chi connectivity index (χ0n) is 13.8. The highest BCUT2D eigenvalue weighted by molar-refractivity contribution is 5.96. The maximum atomic E-state index is 12.3. The zero-order chi connectivity index (χ0) is 18.4.